The quantitative estimate of drug-likeness (QED) is 0.794. The van der Waals surface area contributed by atoms with Crippen LogP contribution in [0.5, 0.6) is 0 Å². The third-order valence-electron chi connectivity index (χ3n) is 3.49. The molecule has 1 heterocycles. The molecule has 116 valence electrons. The van der Waals surface area contributed by atoms with Crippen LogP contribution in [0.4, 0.5) is 5.69 Å². The van der Waals surface area contributed by atoms with E-state index < -0.39 is 0 Å². The first-order chi connectivity index (χ1) is 11.2. The predicted octanol–water partition coefficient (Wildman–Crippen LogP) is 3.86. The van der Waals surface area contributed by atoms with Crippen molar-refractivity contribution in [3.05, 3.63) is 65.5 Å². The second kappa shape index (κ2) is 6.44. The van der Waals surface area contributed by atoms with E-state index in [0.29, 0.717) is 17.3 Å². The average Bonchev–Trinajstić information content (AvgIpc) is 3.05. The molecule has 0 atom stereocenters. The second-order valence-corrected chi connectivity index (χ2v) is 5.27. The average molecular weight is 307 g/mol. The molecule has 0 saturated carbocycles. The Labute approximate surface area is 134 Å². The van der Waals surface area contributed by atoms with Crippen molar-refractivity contribution in [3.8, 4) is 11.5 Å². The molecule has 0 unspecified atom stereocenters. The van der Waals surface area contributed by atoms with Crippen LogP contribution >= 0.6 is 0 Å². The number of carbonyl (C=O) groups is 1. The van der Waals surface area contributed by atoms with Gasteiger partial charge in [0.1, 0.15) is 0 Å². The lowest BCUT2D eigenvalue weighted by atomic mass is 10.1. The Balaban J connectivity index is 1.72. The van der Waals surface area contributed by atoms with Gasteiger partial charge in [-0.1, -0.05) is 29.8 Å². The van der Waals surface area contributed by atoms with E-state index in [4.69, 9.17) is 4.52 Å². The summed E-state index contributed by atoms with van der Waals surface area (Å²) in [4.78, 5) is 16.5. The molecule has 0 aliphatic rings. The minimum Gasteiger partial charge on any atom is -0.334 e. The number of benzene rings is 2. The van der Waals surface area contributed by atoms with Crippen molar-refractivity contribution in [1.29, 1.82) is 0 Å². The van der Waals surface area contributed by atoms with Gasteiger partial charge in [0.25, 0.3) is 11.8 Å². The zero-order valence-corrected chi connectivity index (χ0v) is 13.0. The number of nitrogens with zero attached hydrogens (tertiary/aromatic N) is 2. The zero-order valence-electron chi connectivity index (χ0n) is 13.0. The molecule has 0 aliphatic carbocycles. The van der Waals surface area contributed by atoms with Crippen LogP contribution < -0.4 is 5.32 Å². The zero-order chi connectivity index (χ0) is 16.2. The standard InChI is InChI=1S/C18H17N3O2/c1-3-16-20-18(23-21-16)14-8-10-15(11-9-14)19-17(22)13-6-4-12(2)5-7-13/h4-11H,3H2,1-2H3,(H,19,22). The van der Waals surface area contributed by atoms with Gasteiger partial charge in [0.2, 0.25) is 0 Å². The van der Waals surface area contributed by atoms with Gasteiger partial charge in [-0.25, -0.2) is 0 Å². The molecule has 1 amide bonds. The first-order valence-corrected chi connectivity index (χ1v) is 7.47. The minimum atomic E-state index is -0.135. The summed E-state index contributed by atoms with van der Waals surface area (Å²) in [6, 6.07) is 14.8. The molecule has 0 fully saturated rings. The van der Waals surface area contributed by atoms with Crippen LogP contribution in [0.25, 0.3) is 11.5 Å². The van der Waals surface area contributed by atoms with Crippen LogP contribution in [0, 0.1) is 6.92 Å². The fraction of sp³-hybridized carbons (Fsp3) is 0.167. The van der Waals surface area contributed by atoms with Crippen molar-refractivity contribution >= 4 is 11.6 Å². The van der Waals surface area contributed by atoms with Gasteiger partial charge in [-0.15, -0.1) is 0 Å². The monoisotopic (exact) mass is 307 g/mol. The molecule has 0 saturated heterocycles. The minimum absolute atomic E-state index is 0.135. The topological polar surface area (TPSA) is 68.0 Å². The number of amides is 1. The van der Waals surface area contributed by atoms with Gasteiger partial charge in [-0.05, 0) is 43.3 Å². The van der Waals surface area contributed by atoms with E-state index >= 15 is 0 Å². The first-order valence-electron chi connectivity index (χ1n) is 7.47. The summed E-state index contributed by atoms with van der Waals surface area (Å²) in [5.41, 5.74) is 3.29. The van der Waals surface area contributed by atoms with Crippen LogP contribution in [0.1, 0.15) is 28.7 Å². The molecule has 2 aromatic carbocycles. The van der Waals surface area contributed by atoms with E-state index in [2.05, 4.69) is 15.5 Å². The number of nitrogens with one attached hydrogen (secondary N) is 1. The van der Waals surface area contributed by atoms with E-state index in [1.54, 1.807) is 0 Å². The fourth-order valence-electron chi connectivity index (χ4n) is 2.12. The Morgan fingerprint density at radius 3 is 2.39 bits per heavy atom. The van der Waals surface area contributed by atoms with Crippen molar-refractivity contribution in [2.45, 2.75) is 20.3 Å². The van der Waals surface area contributed by atoms with Gasteiger partial charge >= 0.3 is 0 Å². The maximum atomic E-state index is 12.2. The maximum Gasteiger partial charge on any atom is 0.257 e. The van der Waals surface area contributed by atoms with Gasteiger partial charge in [0.15, 0.2) is 5.82 Å². The van der Waals surface area contributed by atoms with Crippen LogP contribution in [0.3, 0.4) is 0 Å². The van der Waals surface area contributed by atoms with Gasteiger partial charge < -0.3 is 9.84 Å². The molecule has 5 nitrogen and oxygen atoms in total. The number of carbonyl (C=O) groups excluding carboxylic acids is 1. The van der Waals surface area contributed by atoms with Gasteiger partial charge in [-0.3, -0.25) is 4.79 Å². The first kappa shape index (κ1) is 15.0. The normalized spacial score (nSPS) is 10.5. The summed E-state index contributed by atoms with van der Waals surface area (Å²) in [7, 11) is 0. The van der Waals surface area contributed by atoms with E-state index in [1.165, 1.54) is 0 Å². The molecule has 0 spiro atoms. The lowest BCUT2D eigenvalue weighted by molar-refractivity contribution is 0.102. The van der Waals surface area contributed by atoms with E-state index in [1.807, 2.05) is 62.4 Å². The molecular weight excluding hydrogens is 290 g/mol. The maximum absolute atomic E-state index is 12.2. The van der Waals surface area contributed by atoms with Crippen molar-refractivity contribution in [2.24, 2.45) is 0 Å². The summed E-state index contributed by atoms with van der Waals surface area (Å²) in [6.07, 6.45) is 0.730. The van der Waals surface area contributed by atoms with E-state index in [0.717, 1.165) is 23.2 Å². The summed E-state index contributed by atoms with van der Waals surface area (Å²) in [6.45, 7) is 3.96. The molecule has 1 aromatic heterocycles. The highest BCUT2D eigenvalue weighted by Crippen LogP contribution is 2.20. The van der Waals surface area contributed by atoms with Crippen molar-refractivity contribution < 1.29 is 9.32 Å². The molecule has 3 aromatic rings. The highest BCUT2D eigenvalue weighted by molar-refractivity contribution is 6.04. The van der Waals surface area contributed by atoms with Crippen molar-refractivity contribution in [1.82, 2.24) is 10.1 Å². The summed E-state index contributed by atoms with van der Waals surface area (Å²) in [5.74, 6) is 1.03. The van der Waals surface area contributed by atoms with Crippen molar-refractivity contribution in [3.63, 3.8) is 0 Å². The second-order valence-electron chi connectivity index (χ2n) is 5.27. The van der Waals surface area contributed by atoms with Gasteiger partial charge in [0, 0.05) is 23.2 Å². The van der Waals surface area contributed by atoms with Crippen LogP contribution in [0.2, 0.25) is 0 Å². The predicted molar refractivity (Wildman–Crippen MR) is 88.2 cm³/mol. The van der Waals surface area contributed by atoms with Gasteiger partial charge in [-0.2, -0.15) is 4.98 Å². The third-order valence-corrected chi connectivity index (χ3v) is 3.49. The van der Waals surface area contributed by atoms with Crippen LogP contribution in [0.15, 0.2) is 53.1 Å². The highest BCUT2D eigenvalue weighted by atomic mass is 16.5. The highest BCUT2D eigenvalue weighted by Gasteiger charge is 2.09. The third kappa shape index (κ3) is 3.45. The lowest BCUT2D eigenvalue weighted by Crippen LogP contribution is -2.11. The smallest absolute Gasteiger partial charge is 0.257 e. The fourth-order valence-corrected chi connectivity index (χ4v) is 2.12. The van der Waals surface area contributed by atoms with E-state index in [-0.39, 0.29) is 5.91 Å². The molecule has 5 heteroatoms. The lowest BCUT2D eigenvalue weighted by Gasteiger charge is -2.06. The Kier molecular flexibility index (Phi) is 4.19. The number of hydrogen-bond donors (Lipinski definition) is 1. The molecule has 0 radical (unpaired) electrons. The SMILES string of the molecule is CCc1noc(-c2ccc(NC(=O)c3ccc(C)cc3)cc2)n1. The number of aryl methyl sites for hydroxylation is 2. The molecule has 3 rings (SSSR count). The molecule has 23 heavy (non-hydrogen) atoms. The molecule has 1 N–H and O–H groups in total. The van der Waals surface area contributed by atoms with Gasteiger partial charge in [0.05, 0.1) is 0 Å². The van der Waals surface area contributed by atoms with E-state index in [9.17, 15) is 4.79 Å². The van der Waals surface area contributed by atoms with Crippen LogP contribution in [-0.4, -0.2) is 16.0 Å². The Morgan fingerprint density at radius 1 is 1.09 bits per heavy atom. The van der Waals surface area contributed by atoms with Crippen molar-refractivity contribution in [2.75, 3.05) is 5.32 Å². The molecule has 0 bridgehead atoms. The number of hydrogen-bond acceptors (Lipinski definition) is 4. The molecular formula is C18H17N3O2. The number of anilines is 1. The summed E-state index contributed by atoms with van der Waals surface area (Å²) in [5, 5.41) is 6.74. The number of rotatable bonds is 4. The van der Waals surface area contributed by atoms with Crippen LogP contribution in [-0.2, 0) is 6.42 Å². The Hall–Kier alpha value is -2.95. The summed E-state index contributed by atoms with van der Waals surface area (Å²) >= 11 is 0. The molecule has 0 aliphatic heterocycles. The Bertz CT molecular complexity index is 805. The summed E-state index contributed by atoms with van der Waals surface area (Å²) < 4.78 is 5.19. The number of aromatic nitrogens is 2. The Morgan fingerprint density at radius 2 is 1.78 bits per heavy atom. The largest absolute Gasteiger partial charge is 0.334 e.